The van der Waals surface area contributed by atoms with Crippen LogP contribution in [0.1, 0.15) is 36.2 Å². The molecule has 1 aromatic heterocycles. The fourth-order valence-electron chi connectivity index (χ4n) is 3.31. The lowest BCUT2D eigenvalue weighted by Crippen LogP contribution is -2.49. The predicted octanol–water partition coefficient (Wildman–Crippen LogP) is 1.84. The normalized spacial score (nSPS) is 26.1. The van der Waals surface area contributed by atoms with E-state index in [1.54, 1.807) is 11.8 Å². The molecule has 1 saturated heterocycles. The third kappa shape index (κ3) is 2.45. The number of carbonyl (C=O) groups is 1. The summed E-state index contributed by atoms with van der Waals surface area (Å²) in [6.45, 7) is 5.06. The lowest BCUT2D eigenvalue weighted by molar-refractivity contribution is -0.148. The lowest BCUT2D eigenvalue weighted by atomic mass is 9.96. The van der Waals surface area contributed by atoms with Crippen LogP contribution in [-0.4, -0.2) is 46.9 Å². The average molecular weight is 329 g/mol. The van der Waals surface area contributed by atoms with Gasteiger partial charge in [0.2, 0.25) is 11.8 Å². The second-order valence-corrected chi connectivity index (χ2v) is 6.15. The van der Waals surface area contributed by atoms with Crippen molar-refractivity contribution in [3.05, 3.63) is 41.6 Å². The summed E-state index contributed by atoms with van der Waals surface area (Å²) in [5.41, 5.74) is 1.06. The van der Waals surface area contributed by atoms with Gasteiger partial charge < -0.3 is 18.8 Å². The van der Waals surface area contributed by atoms with Crippen LogP contribution in [0.2, 0.25) is 0 Å². The number of ether oxygens (including phenoxy) is 2. The van der Waals surface area contributed by atoms with Gasteiger partial charge in [0.05, 0.1) is 13.2 Å². The van der Waals surface area contributed by atoms with Gasteiger partial charge in [0.15, 0.2) is 6.10 Å². The first-order valence-corrected chi connectivity index (χ1v) is 8.09. The first-order chi connectivity index (χ1) is 11.6. The highest BCUT2D eigenvalue weighted by Crippen LogP contribution is 2.39. The Morgan fingerprint density at radius 2 is 2.12 bits per heavy atom. The van der Waals surface area contributed by atoms with E-state index in [4.69, 9.17) is 13.9 Å². The van der Waals surface area contributed by atoms with Crippen molar-refractivity contribution in [2.75, 3.05) is 19.8 Å². The minimum absolute atomic E-state index is 0.00150. The van der Waals surface area contributed by atoms with Crippen molar-refractivity contribution in [1.82, 2.24) is 15.1 Å². The number of carbonyl (C=O) groups excluding carboxylic acids is 1. The second-order valence-electron chi connectivity index (χ2n) is 6.15. The summed E-state index contributed by atoms with van der Waals surface area (Å²) >= 11 is 0. The Bertz CT molecular complexity index is 760. The van der Waals surface area contributed by atoms with Crippen molar-refractivity contribution in [3.8, 4) is 5.75 Å². The number of nitrogens with zero attached hydrogens (tertiary/aromatic N) is 3. The largest absolute Gasteiger partial charge is 0.480 e. The van der Waals surface area contributed by atoms with Crippen LogP contribution in [0, 0.1) is 6.92 Å². The third-order valence-corrected chi connectivity index (χ3v) is 4.60. The van der Waals surface area contributed by atoms with Gasteiger partial charge in [-0.05, 0) is 6.07 Å². The summed E-state index contributed by atoms with van der Waals surface area (Å²) < 4.78 is 17.0. The Morgan fingerprint density at radius 3 is 2.88 bits per heavy atom. The van der Waals surface area contributed by atoms with Gasteiger partial charge in [-0.1, -0.05) is 25.1 Å². The predicted molar refractivity (Wildman–Crippen MR) is 83.6 cm³/mol. The molecule has 0 saturated carbocycles. The summed E-state index contributed by atoms with van der Waals surface area (Å²) in [4.78, 5) is 14.9. The Hall–Kier alpha value is -2.41. The molecule has 126 valence electrons. The molecule has 4 rings (SSSR count). The zero-order valence-corrected chi connectivity index (χ0v) is 13.6. The maximum Gasteiger partial charge on any atom is 0.265 e. The molecule has 2 aliphatic heterocycles. The smallest absolute Gasteiger partial charge is 0.265 e. The second kappa shape index (κ2) is 5.90. The Kier molecular flexibility index (Phi) is 3.72. The van der Waals surface area contributed by atoms with E-state index in [0.29, 0.717) is 31.5 Å². The molecule has 0 unspecified atom stereocenters. The molecule has 1 amide bonds. The molecule has 0 bridgehead atoms. The topological polar surface area (TPSA) is 77.7 Å². The number of hydrogen-bond donors (Lipinski definition) is 0. The highest BCUT2D eigenvalue weighted by Gasteiger charge is 2.42. The van der Waals surface area contributed by atoms with E-state index in [9.17, 15) is 4.79 Å². The molecule has 2 aromatic rings. The molecule has 0 aliphatic carbocycles. The van der Waals surface area contributed by atoms with E-state index in [0.717, 1.165) is 11.3 Å². The highest BCUT2D eigenvalue weighted by molar-refractivity contribution is 5.84. The Morgan fingerprint density at radius 1 is 1.29 bits per heavy atom. The van der Waals surface area contributed by atoms with Crippen LogP contribution in [0.5, 0.6) is 5.75 Å². The molecule has 0 radical (unpaired) electrons. The maximum atomic E-state index is 13.1. The number of amides is 1. The molecule has 0 N–H and O–H groups in total. The van der Waals surface area contributed by atoms with Gasteiger partial charge in [-0.2, -0.15) is 0 Å². The molecule has 7 heteroatoms. The number of aryl methyl sites for hydroxylation is 1. The van der Waals surface area contributed by atoms with Crippen LogP contribution in [0.25, 0.3) is 0 Å². The number of para-hydroxylation sites is 1. The van der Waals surface area contributed by atoms with E-state index >= 15 is 0 Å². The third-order valence-electron chi connectivity index (χ3n) is 4.60. The summed E-state index contributed by atoms with van der Waals surface area (Å²) in [5, 5.41) is 7.91. The van der Waals surface area contributed by atoms with Gasteiger partial charge in [0.1, 0.15) is 11.8 Å². The molecule has 1 fully saturated rings. The van der Waals surface area contributed by atoms with E-state index in [1.807, 2.05) is 31.2 Å². The van der Waals surface area contributed by atoms with Gasteiger partial charge in [-0.25, -0.2) is 0 Å². The van der Waals surface area contributed by atoms with Gasteiger partial charge in [0, 0.05) is 24.9 Å². The molecule has 2 aliphatic rings. The first-order valence-electron chi connectivity index (χ1n) is 8.09. The molecule has 7 nitrogen and oxygen atoms in total. The molecule has 1 aromatic carbocycles. The molecule has 24 heavy (non-hydrogen) atoms. The molecule has 0 spiro atoms. The highest BCUT2D eigenvalue weighted by atomic mass is 16.5. The lowest BCUT2D eigenvalue weighted by Gasteiger charge is -2.35. The van der Waals surface area contributed by atoms with Crippen LogP contribution in [0.15, 0.2) is 28.7 Å². The van der Waals surface area contributed by atoms with Gasteiger partial charge in [-0.15, -0.1) is 10.2 Å². The quantitative estimate of drug-likeness (QED) is 0.837. The fraction of sp³-hybridized carbons (Fsp3) is 0.471. The van der Waals surface area contributed by atoms with E-state index in [-0.39, 0.29) is 17.9 Å². The number of aromatic nitrogens is 2. The van der Waals surface area contributed by atoms with Crippen molar-refractivity contribution >= 4 is 5.91 Å². The zero-order chi connectivity index (χ0) is 16.7. The minimum Gasteiger partial charge on any atom is -0.480 e. The number of morpholine rings is 1. The van der Waals surface area contributed by atoms with Crippen LogP contribution in [0.4, 0.5) is 0 Å². The maximum absolute atomic E-state index is 13.1. The summed E-state index contributed by atoms with van der Waals surface area (Å²) in [6.07, 6.45) is -0.535. The van der Waals surface area contributed by atoms with E-state index in [1.165, 1.54) is 0 Å². The average Bonchev–Trinajstić information content (AvgIpc) is 3.18. The van der Waals surface area contributed by atoms with Gasteiger partial charge >= 0.3 is 0 Å². The Labute approximate surface area is 139 Å². The van der Waals surface area contributed by atoms with Crippen LogP contribution in [0.3, 0.4) is 0 Å². The molecule has 3 atom stereocenters. The van der Waals surface area contributed by atoms with Crippen molar-refractivity contribution in [1.29, 1.82) is 0 Å². The van der Waals surface area contributed by atoms with Crippen molar-refractivity contribution in [2.24, 2.45) is 0 Å². The summed E-state index contributed by atoms with van der Waals surface area (Å²) in [5.74, 6) is 1.59. The Balaban J connectivity index is 1.59. The van der Waals surface area contributed by atoms with E-state index < -0.39 is 6.10 Å². The molecule has 3 heterocycles. The number of hydrogen-bond acceptors (Lipinski definition) is 6. The summed E-state index contributed by atoms with van der Waals surface area (Å²) in [7, 11) is 0. The standard InChI is InChI=1S/C17H19N3O4/c1-10-12-5-3-4-6-14(12)24-15(10)17(21)20-7-8-22-9-13(20)16-19-18-11(2)23-16/h3-6,10,13,15H,7-9H2,1-2H3/t10-,13+,15-/m1/s1. The monoisotopic (exact) mass is 329 g/mol. The minimum atomic E-state index is -0.535. The first kappa shape index (κ1) is 15.1. The fourth-order valence-corrected chi connectivity index (χ4v) is 3.31. The van der Waals surface area contributed by atoms with Crippen LogP contribution < -0.4 is 4.74 Å². The molecular formula is C17H19N3O4. The van der Waals surface area contributed by atoms with E-state index in [2.05, 4.69) is 10.2 Å². The van der Waals surface area contributed by atoms with Crippen LogP contribution >= 0.6 is 0 Å². The number of benzene rings is 1. The van der Waals surface area contributed by atoms with Crippen molar-refractivity contribution < 1.29 is 18.7 Å². The molecular weight excluding hydrogens is 310 g/mol. The van der Waals surface area contributed by atoms with Gasteiger partial charge in [-0.3, -0.25) is 4.79 Å². The number of rotatable bonds is 2. The van der Waals surface area contributed by atoms with Crippen molar-refractivity contribution in [2.45, 2.75) is 31.9 Å². The zero-order valence-electron chi connectivity index (χ0n) is 13.6. The number of fused-ring (bicyclic) bond motifs is 1. The summed E-state index contributed by atoms with van der Waals surface area (Å²) in [6, 6.07) is 7.41. The SMILES string of the molecule is Cc1nnc([C@@H]2COCCN2C(=O)[C@@H]2Oc3ccccc3[C@H]2C)o1. The van der Waals surface area contributed by atoms with Crippen molar-refractivity contribution in [3.63, 3.8) is 0 Å². The van der Waals surface area contributed by atoms with Gasteiger partial charge in [0.25, 0.3) is 5.91 Å². The van der Waals surface area contributed by atoms with Crippen LogP contribution in [-0.2, 0) is 9.53 Å².